The van der Waals surface area contributed by atoms with Crippen LogP contribution in [0.1, 0.15) is 31.7 Å². The van der Waals surface area contributed by atoms with E-state index in [1.165, 1.54) is 30.5 Å². The summed E-state index contributed by atoms with van der Waals surface area (Å²) >= 11 is 0. The fraction of sp³-hybridized carbons (Fsp3) is 0.229. The monoisotopic (exact) mass is 545 g/mol. The van der Waals surface area contributed by atoms with Gasteiger partial charge >= 0.3 is 0 Å². The van der Waals surface area contributed by atoms with E-state index in [-0.39, 0.29) is 11.5 Å². The first kappa shape index (κ1) is 26.5. The Hall–Kier alpha value is -4.71. The van der Waals surface area contributed by atoms with Gasteiger partial charge in [-0.25, -0.2) is 4.68 Å². The lowest BCUT2D eigenvalue weighted by Crippen LogP contribution is -2.29. The van der Waals surface area contributed by atoms with E-state index in [9.17, 15) is 10.2 Å². The van der Waals surface area contributed by atoms with Gasteiger partial charge in [-0.3, -0.25) is 0 Å². The lowest BCUT2D eigenvalue weighted by Gasteiger charge is -2.31. The summed E-state index contributed by atoms with van der Waals surface area (Å²) < 4.78 is 7.79. The number of aromatic nitrogens is 2. The molecular formula is C35H35N3O3. The van der Waals surface area contributed by atoms with Crippen LogP contribution in [0.25, 0.3) is 39.3 Å². The summed E-state index contributed by atoms with van der Waals surface area (Å²) in [5.41, 5.74) is 9.27. The first-order chi connectivity index (χ1) is 20.0. The topological polar surface area (TPSA) is 70.8 Å². The average molecular weight is 546 g/mol. The summed E-state index contributed by atoms with van der Waals surface area (Å²) in [4.78, 5) is 2.49. The van der Waals surface area contributed by atoms with Gasteiger partial charge in [-0.05, 0) is 99.3 Å². The SMILES string of the molecule is CCOc1ccc(-c2ccc(-c3c(C)c(-c4ccc(O)cc4)nn3-c3ccc(O)cc3)cc2)c(N2CCCCC2)c1. The van der Waals surface area contributed by atoms with Gasteiger partial charge in [-0.2, -0.15) is 5.10 Å². The number of hydrogen-bond acceptors (Lipinski definition) is 5. The predicted octanol–water partition coefficient (Wildman–Crippen LogP) is 7.98. The number of hydrogen-bond donors (Lipinski definition) is 2. The summed E-state index contributed by atoms with van der Waals surface area (Å²) in [7, 11) is 0. The zero-order valence-corrected chi connectivity index (χ0v) is 23.5. The maximum Gasteiger partial charge on any atom is 0.121 e. The Morgan fingerprint density at radius 1 is 0.732 bits per heavy atom. The number of benzene rings is 4. The lowest BCUT2D eigenvalue weighted by atomic mass is 9.97. The largest absolute Gasteiger partial charge is 0.508 e. The number of anilines is 1. The van der Waals surface area contributed by atoms with Crippen molar-refractivity contribution in [2.24, 2.45) is 0 Å². The van der Waals surface area contributed by atoms with E-state index in [1.54, 1.807) is 24.3 Å². The second-order valence-corrected chi connectivity index (χ2v) is 10.5. The van der Waals surface area contributed by atoms with Gasteiger partial charge in [0.2, 0.25) is 0 Å². The molecule has 1 fully saturated rings. The van der Waals surface area contributed by atoms with E-state index in [0.29, 0.717) is 6.61 Å². The van der Waals surface area contributed by atoms with Gasteiger partial charge in [0.05, 0.1) is 23.7 Å². The van der Waals surface area contributed by atoms with Gasteiger partial charge in [0, 0.05) is 47.1 Å². The van der Waals surface area contributed by atoms with E-state index in [4.69, 9.17) is 9.84 Å². The zero-order chi connectivity index (χ0) is 28.3. The molecule has 0 saturated carbocycles. The molecule has 6 heteroatoms. The maximum atomic E-state index is 9.89. The molecule has 2 N–H and O–H groups in total. The molecule has 0 unspecified atom stereocenters. The molecule has 1 aliphatic heterocycles. The van der Waals surface area contributed by atoms with Gasteiger partial charge < -0.3 is 19.8 Å². The molecule has 1 aromatic heterocycles. The van der Waals surface area contributed by atoms with Crippen LogP contribution in [0.3, 0.4) is 0 Å². The van der Waals surface area contributed by atoms with Crippen molar-refractivity contribution in [3.63, 3.8) is 0 Å². The van der Waals surface area contributed by atoms with E-state index in [2.05, 4.69) is 54.3 Å². The van der Waals surface area contributed by atoms with Crippen LogP contribution >= 0.6 is 0 Å². The molecule has 0 spiro atoms. The van der Waals surface area contributed by atoms with Crippen molar-refractivity contribution in [3.05, 3.63) is 96.6 Å². The minimum atomic E-state index is 0.210. The molecule has 5 aromatic rings. The van der Waals surface area contributed by atoms with Gasteiger partial charge in [0.1, 0.15) is 17.2 Å². The number of aromatic hydroxyl groups is 2. The number of phenolic OH excluding ortho intramolecular Hbond substituents is 2. The third-order valence-electron chi connectivity index (χ3n) is 7.80. The van der Waals surface area contributed by atoms with Crippen LogP contribution in [-0.2, 0) is 0 Å². The summed E-state index contributed by atoms with van der Waals surface area (Å²) in [6, 6.07) is 29.3. The molecule has 0 aliphatic carbocycles. The van der Waals surface area contributed by atoms with E-state index >= 15 is 0 Å². The Balaban J connectivity index is 1.43. The molecule has 0 amide bonds. The summed E-state index contributed by atoms with van der Waals surface area (Å²) in [6.07, 6.45) is 3.70. The van der Waals surface area contributed by atoms with E-state index in [0.717, 1.165) is 58.2 Å². The first-order valence-corrected chi connectivity index (χ1v) is 14.3. The molecule has 1 aliphatic rings. The highest BCUT2D eigenvalue weighted by Gasteiger charge is 2.20. The van der Waals surface area contributed by atoms with Crippen molar-refractivity contribution >= 4 is 5.69 Å². The van der Waals surface area contributed by atoms with Crippen molar-refractivity contribution in [3.8, 4) is 56.6 Å². The van der Waals surface area contributed by atoms with Crippen molar-refractivity contribution in [1.82, 2.24) is 9.78 Å². The molecule has 1 saturated heterocycles. The van der Waals surface area contributed by atoms with Crippen LogP contribution < -0.4 is 9.64 Å². The second-order valence-electron chi connectivity index (χ2n) is 10.5. The maximum absolute atomic E-state index is 9.89. The highest BCUT2D eigenvalue weighted by atomic mass is 16.5. The van der Waals surface area contributed by atoms with Crippen molar-refractivity contribution in [1.29, 1.82) is 0 Å². The highest BCUT2D eigenvalue weighted by molar-refractivity contribution is 5.82. The third kappa shape index (κ3) is 5.38. The fourth-order valence-electron chi connectivity index (χ4n) is 5.73. The quantitative estimate of drug-likeness (QED) is 0.217. The molecule has 208 valence electrons. The number of piperidine rings is 1. The smallest absolute Gasteiger partial charge is 0.121 e. The molecule has 0 bridgehead atoms. The van der Waals surface area contributed by atoms with Gasteiger partial charge in [-0.1, -0.05) is 24.3 Å². The minimum Gasteiger partial charge on any atom is -0.508 e. The minimum absolute atomic E-state index is 0.210. The summed E-state index contributed by atoms with van der Waals surface area (Å²) in [6.45, 7) is 6.87. The molecule has 0 atom stereocenters. The Morgan fingerprint density at radius 2 is 1.34 bits per heavy atom. The molecule has 0 radical (unpaired) electrons. The zero-order valence-electron chi connectivity index (χ0n) is 23.5. The fourth-order valence-corrected chi connectivity index (χ4v) is 5.73. The van der Waals surface area contributed by atoms with Crippen LogP contribution in [-0.4, -0.2) is 39.7 Å². The Kier molecular flexibility index (Phi) is 7.38. The number of rotatable bonds is 7. The van der Waals surface area contributed by atoms with Gasteiger partial charge in [-0.15, -0.1) is 0 Å². The Bertz CT molecular complexity index is 1630. The average Bonchev–Trinajstić information content (AvgIpc) is 3.35. The predicted molar refractivity (Wildman–Crippen MR) is 165 cm³/mol. The first-order valence-electron chi connectivity index (χ1n) is 14.3. The van der Waals surface area contributed by atoms with Crippen LogP contribution in [0.4, 0.5) is 5.69 Å². The van der Waals surface area contributed by atoms with Crippen molar-refractivity contribution in [2.45, 2.75) is 33.1 Å². The molecule has 6 rings (SSSR count). The molecule has 4 aromatic carbocycles. The Morgan fingerprint density at radius 3 is 2.00 bits per heavy atom. The molecule has 41 heavy (non-hydrogen) atoms. The summed E-state index contributed by atoms with van der Waals surface area (Å²) in [5.74, 6) is 1.34. The van der Waals surface area contributed by atoms with Crippen LogP contribution in [0.5, 0.6) is 17.2 Å². The number of phenols is 2. The Labute approximate surface area is 241 Å². The second kappa shape index (κ2) is 11.4. The van der Waals surface area contributed by atoms with E-state index in [1.807, 2.05) is 35.9 Å². The van der Waals surface area contributed by atoms with Gasteiger partial charge in [0.15, 0.2) is 0 Å². The summed E-state index contributed by atoms with van der Waals surface area (Å²) in [5, 5.41) is 24.7. The van der Waals surface area contributed by atoms with Gasteiger partial charge in [0.25, 0.3) is 0 Å². The lowest BCUT2D eigenvalue weighted by molar-refractivity contribution is 0.340. The molecule has 2 heterocycles. The molecular weight excluding hydrogens is 510 g/mol. The molecule has 6 nitrogen and oxygen atoms in total. The van der Waals surface area contributed by atoms with E-state index < -0.39 is 0 Å². The van der Waals surface area contributed by atoms with Crippen molar-refractivity contribution in [2.75, 3.05) is 24.6 Å². The van der Waals surface area contributed by atoms with Crippen molar-refractivity contribution < 1.29 is 14.9 Å². The highest BCUT2D eigenvalue weighted by Crippen LogP contribution is 2.39. The normalized spacial score (nSPS) is 13.4. The standard InChI is InChI=1S/C35H35N3O3/c1-3-41-31-19-20-32(33(23-31)37-21-5-4-6-22-37)25-7-9-27(10-8-25)35-24(2)34(26-11-15-29(39)16-12-26)36-38(35)28-13-17-30(40)18-14-28/h7-20,23,39-40H,3-6,21-22H2,1-2H3. The van der Waals surface area contributed by atoms with Crippen LogP contribution in [0.2, 0.25) is 0 Å². The van der Waals surface area contributed by atoms with Crippen LogP contribution in [0.15, 0.2) is 91.0 Å². The third-order valence-corrected chi connectivity index (χ3v) is 7.80. The van der Waals surface area contributed by atoms with Crippen LogP contribution in [0, 0.1) is 6.92 Å². The number of ether oxygens (including phenoxy) is 1. The number of nitrogens with zero attached hydrogens (tertiary/aromatic N) is 3.